The van der Waals surface area contributed by atoms with Crippen LogP contribution >= 0.6 is 11.6 Å². The van der Waals surface area contributed by atoms with E-state index < -0.39 is 0 Å². The molecule has 0 saturated carbocycles. The van der Waals surface area contributed by atoms with Crippen molar-refractivity contribution in [2.24, 2.45) is 4.99 Å². The van der Waals surface area contributed by atoms with Gasteiger partial charge in [-0.1, -0.05) is 24.9 Å². The highest BCUT2D eigenvalue weighted by atomic mass is 35.5. The summed E-state index contributed by atoms with van der Waals surface area (Å²) in [5, 5.41) is 3.42. The van der Waals surface area contributed by atoms with Crippen LogP contribution in [0.5, 0.6) is 0 Å². The lowest BCUT2D eigenvalue weighted by Crippen LogP contribution is -2.06. The molecular weight excluding hydrogens is 148 g/mol. The zero-order valence-corrected chi connectivity index (χ0v) is 6.99. The molecule has 0 atom stereocenters. The maximum Gasteiger partial charge on any atom is 0.143 e. The van der Waals surface area contributed by atoms with Gasteiger partial charge in [0, 0.05) is 12.7 Å². The zero-order valence-electron chi connectivity index (χ0n) is 6.23. The molecule has 0 fully saturated rings. The van der Waals surface area contributed by atoms with E-state index in [4.69, 9.17) is 11.6 Å². The minimum absolute atomic E-state index is 0.413. The van der Waals surface area contributed by atoms with Crippen LogP contribution in [0.3, 0.4) is 0 Å². The number of nitrogens with zero attached hydrogens (tertiary/aromatic N) is 1. The van der Waals surface area contributed by atoms with Gasteiger partial charge in [-0.25, -0.2) is 0 Å². The Labute approximate surface area is 67.0 Å². The van der Waals surface area contributed by atoms with E-state index in [0.717, 1.165) is 13.0 Å². The van der Waals surface area contributed by atoms with Gasteiger partial charge in [-0.2, -0.15) is 0 Å². The fourth-order valence-corrected chi connectivity index (χ4v) is 0.558. The van der Waals surface area contributed by atoms with Crippen LogP contribution in [0.25, 0.3) is 0 Å². The summed E-state index contributed by atoms with van der Waals surface area (Å²) in [6.45, 7) is 6.35. The predicted molar refractivity (Wildman–Crippen MR) is 46.4 cm³/mol. The van der Waals surface area contributed by atoms with Gasteiger partial charge in [-0.15, -0.1) is 0 Å². The lowest BCUT2D eigenvalue weighted by Gasteiger charge is -1.96. The lowest BCUT2D eigenvalue weighted by molar-refractivity contribution is 0.733. The molecule has 0 aromatic rings. The maximum absolute atomic E-state index is 5.51. The SMILES string of the molecule is C=N/C(Cl)=C\NCCCC. The monoisotopic (exact) mass is 160 g/mol. The fraction of sp³-hybridized carbons (Fsp3) is 0.571. The number of unbranched alkanes of at least 4 members (excludes halogenated alkanes) is 1. The third-order valence-electron chi connectivity index (χ3n) is 1.05. The van der Waals surface area contributed by atoms with Gasteiger partial charge in [0.2, 0.25) is 0 Å². The molecule has 0 aromatic carbocycles. The molecule has 0 aliphatic rings. The molecule has 0 amide bonds. The minimum Gasteiger partial charge on any atom is -0.388 e. The molecule has 0 rings (SSSR count). The van der Waals surface area contributed by atoms with Crippen LogP contribution in [-0.4, -0.2) is 13.3 Å². The molecule has 58 valence electrons. The number of hydrogen-bond donors (Lipinski definition) is 1. The van der Waals surface area contributed by atoms with Crippen LogP contribution in [0.1, 0.15) is 19.8 Å². The van der Waals surface area contributed by atoms with Crippen molar-refractivity contribution in [3.63, 3.8) is 0 Å². The van der Waals surface area contributed by atoms with Crippen LogP contribution < -0.4 is 5.32 Å². The van der Waals surface area contributed by atoms with Crippen molar-refractivity contribution in [1.82, 2.24) is 5.32 Å². The number of aliphatic imine (C=N–C) groups is 1. The lowest BCUT2D eigenvalue weighted by atomic mass is 10.3. The van der Waals surface area contributed by atoms with Crippen molar-refractivity contribution in [3.8, 4) is 0 Å². The molecule has 0 heterocycles. The van der Waals surface area contributed by atoms with Gasteiger partial charge in [0.05, 0.1) is 0 Å². The molecule has 10 heavy (non-hydrogen) atoms. The Morgan fingerprint density at radius 1 is 1.80 bits per heavy atom. The molecule has 0 aliphatic heterocycles. The Hall–Kier alpha value is -0.500. The quantitative estimate of drug-likeness (QED) is 0.372. The summed E-state index contributed by atoms with van der Waals surface area (Å²) in [7, 11) is 0. The Kier molecular flexibility index (Phi) is 6.29. The van der Waals surface area contributed by atoms with Crippen LogP contribution in [0.4, 0.5) is 0 Å². The summed E-state index contributed by atoms with van der Waals surface area (Å²) in [5.74, 6) is 0. The topological polar surface area (TPSA) is 24.4 Å². The molecule has 1 N–H and O–H groups in total. The Balaban J connectivity index is 3.24. The highest BCUT2D eigenvalue weighted by Crippen LogP contribution is 1.97. The molecule has 0 bridgehead atoms. The number of nitrogens with one attached hydrogen (secondary N) is 1. The van der Waals surface area contributed by atoms with Crippen molar-refractivity contribution in [2.75, 3.05) is 6.54 Å². The van der Waals surface area contributed by atoms with E-state index in [1.54, 1.807) is 6.20 Å². The summed E-state index contributed by atoms with van der Waals surface area (Å²) in [6, 6.07) is 0. The van der Waals surface area contributed by atoms with Crippen LogP contribution in [-0.2, 0) is 0 Å². The van der Waals surface area contributed by atoms with Crippen molar-refractivity contribution < 1.29 is 0 Å². The van der Waals surface area contributed by atoms with Crippen molar-refractivity contribution >= 4 is 18.3 Å². The molecule has 0 spiro atoms. The van der Waals surface area contributed by atoms with Crippen LogP contribution in [0.2, 0.25) is 0 Å². The fourth-order valence-electron chi connectivity index (χ4n) is 0.481. The largest absolute Gasteiger partial charge is 0.388 e. The highest BCUT2D eigenvalue weighted by Gasteiger charge is 1.82. The molecule has 2 nitrogen and oxygen atoms in total. The van der Waals surface area contributed by atoms with Gasteiger partial charge in [0.1, 0.15) is 5.16 Å². The summed E-state index contributed by atoms with van der Waals surface area (Å²) < 4.78 is 0. The first kappa shape index (κ1) is 9.50. The third-order valence-corrected chi connectivity index (χ3v) is 1.28. The first-order chi connectivity index (χ1) is 4.81. The molecule has 0 radical (unpaired) electrons. The second-order valence-electron chi connectivity index (χ2n) is 1.93. The highest BCUT2D eigenvalue weighted by molar-refractivity contribution is 6.29. The minimum atomic E-state index is 0.413. The van der Waals surface area contributed by atoms with E-state index in [9.17, 15) is 0 Å². The number of hydrogen-bond acceptors (Lipinski definition) is 2. The van der Waals surface area contributed by atoms with Crippen molar-refractivity contribution in [1.29, 1.82) is 0 Å². The normalized spacial score (nSPS) is 11.2. The zero-order chi connectivity index (χ0) is 7.82. The van der Waals surface area contributed by atoms with Gasteiger partial charge < -0.3 is 5.32 Å². The maximum atomic E-state index is 5.51. The van der Waals surface area contributed by atoms with E-state index >= 15 is 0 Å². The summed E-state index contributed by atoms with van der Waals surface area (Å²) in [6.07, 6.45) is 3.99. The smallest absolute Gasteiger partial charge is 0.143 e. The molecular formula is C7H13ClN2. The van der Waals surface area contributed by atoms with E-state index in [1.807, 2.05) is 0 Å². The van der Waals surface area contributed by atoms with Gasteiger partial charge in [-0.05, 0) is 13.1 Å². The molecule has 0 aromatic heterocycles. The molecule has 0 unspecified atom stereocenters. The Morgan fingerprint density at radius 3 is 3.00 bits per heavy atom. The molecule has 3 heteroatoms. The van der Waals surface area contributed by atoms with E-state index in [1.165, 1.54) is 6.42 Å². The second-order valence-corrected chi connectivity index (χ2v) is 2.32. The summed E-state index contributed by atoms with van der Waals surface area (Å²) in [4.78, 5) is 3.50. The van der Waals surface area contributed by atoms with Gasteiger partial charge in [0.15, 0.2) is 0 Å². The van der Waals surface area contributed by atoms with Gasteiger partial charge in [-0.3, -0.25) is 4.99 Å². The van der Waals surface area contributed by atoms with E-state index in [2.05, 4.69) is 24.0 Å². The van der Waals surface area contributed by atoms with E-state index in [-0.39, 0.29) is 0 Å². The third kappa shape index (κ3) is 5.63. The van der Waals surface area contributed by atoms with Crippen molar-refractivity contribution in [3.05, 3.63) is 11.4 Å². The van der Waals surface area contributed by atoms with Gasteiger partial charge >= 0.3 is 0 Å². The predicted octanol–water partition coefficient (Wildman–Crippen LogP) is 2.11. The van der Waals surface area contributed by atoms with Crippen molar-refractivity contribution in [2.45, 2.75) is 19.8 Å². The molecule has 0 aliphatic carbocycles. The Bertz CT molecular complexity index is 121. The second kappa shape index (κ2) is 6.62. The Morgan fingerprint density at radius 2 is 2.50 bits per heavy atom. The standard InChI is InChI=1S/C7H13ClN2/c1-3-4-5-10-6-7(8)9-2/h6,10H,2-5H2,1H3/b7-6-. The van der Waals surface area contributed by atoms with Crippen LogP contribution in [0.15, 0.2) is 16.3 Å². The first-order valence-electron chi connectivity index (χ1n) is 3.37. The molecule has 0 saturated heterocycles. The average molecular weight is 161 g/mol. The summed E-state index contributed by atoms with van der Waals surface area (Å²) in [5.41, 5.74) is 0. The number of halogens is 1. The summed E-state index contributed by atoms with van der Waals surface area (Å²) >= 11 is 5.51. The van der Waals surface area contributed by atoms with E-state index in [0.29, 0.717) is 5.16 Å². The van der Waals surface area contributed by atoms with Gasteiger partial charge in [0.25, 0.3) is 0 Å². The van der Waals surface area contributed by atoms with Crippen LogP contribution in [0, 0.1) is 0 Å². The first-order valence-corrected chi connectivity index (χ1v) is 3.74. The number of rotatable bonds is 5. The average Bonchev–Trinajstić information content (AvgIpc) is 1.98.